The van der Waals surface area contributed by atoms with E-state index in [1.807, 2.05) is 11.0 Å². The second-order valence-corrected chi connectivity index (χ2v) is 7.61. The Balaban J connectivity index is 1.51. The average Bonchev–Trinajstić information content (AvgIpc) is 2.71. The van der Waals surface area contributed by atoms with E-state index in [0.29, 0.717) is 50.5 Å². The predicted octanol–water partition coefficient (Wildman–Crippen LogP) is 2.86. The van der Waals surface area contributed by atoms with Crippen LogP contribution >= 0.6 is 0 Å². The van der Waals surface area contributed by atoms with Gasteiger partial charge in [-0.3, -0.25) is 9.80 Å². The minimum absolute atomic E-state index is 0.232. The summed E-state index contributed by atoms with van der Waals surface area (Å²) in [6.07, 6.45) is -7.70. The quantitative estimate of drug-likeness (QED) is 0.669. The maximum atomic E-state index is 15.0. The van der Waals surface area contributed by atoms with Gasteiger partial charge in [-0.25, -0.2) is 9.18 Å². The first-order valence-electron chi connectivity index (χ1n) is 10.0. The number of halogens is 4. The van der Waals surface area contributed by atoms with Gasteiger partial charge in [0.1, 0.15) is 5.82 Å². The molecule has 1 unspecified atom stereocenters. The summed E-state index contributed by atoms with van der Waals surface area (Å²) >= 11 is 0. The van der Waals surface area contributed by atoms with Crippen LogP contribution in [0.15, 0.2) is 18.2 Å². The maximum Gasteiger partial charge on any atom is 0.425 e. The second kappa shape index (κ2) is 9.93. The number of alkyl halides is 3. The van der Waals surface area contributed by atoms with Crippen molar-refractivity contribution in [3.05, 3.63) is 35.1 Å². The summed E-state index contributed by atoms with van der Waals surface area (Å²) in [5, 5.41) is 0. The normalized spacial score (nSPS) is 20.2. The number of nitrogens with zero attached hydrogens (tertiary/aromatic N) is 3. The fourth-order valence-corrected chi connectivity index (χ4v) is 3.50. The number of carbonyl (C=O) groups excluding carboxylic acids is 1. The third kappa shape index (κ3) is 6.05. The molecule has 1 aromatic carbocycles. The lowest BCUT2D eigenvalue weighted by atomic mass is 10.1. The highest BCUT2D eigenvalue weighted by Gasteiger charge is 2.40. The minimum atomic E-state index is -4.58. The van der Waals surface area contributed by atoms with Crippen LogP contribution in [0.25, 0.3) is 0 Å². The molecule has 1 atom stereocenters. The molecule has 0 spiro atoms. The molecule has 0 bridgehead atoms. The molecule has 0 radical (unpaired) electrons. The first kappa shape index (κ1) is 22.8. The Labute approximate surface area is 173 Å². The fourth-order valence-electron chi connectivity index (χ4n) is 3.50. The molecule has 1 aromatic rings. The third-order valence-corrected chi connectivity index (χ3v) is 5.42. The van der Waals surface area contributed by atoms with E-state index in [9.17, 15) is 22.4 Å². The summed E-state index contributed by atoms with van der Waals surface area (Å²) in [5.74, 6) is -0.232. The van der Waals surface area contributed by atoms with Crippen LogP contribution in [0, 0.1) is 5.82 Å². The Hall–Kier alpha value is -1.91. The number of ether oxygens (including phenoxy) is 2. The Kier molecular flexibility index (Phi) is 7.54. The van der Waals surface area contributed by atoms with E-state index < -0.39 is 18.4 Å². The van der Waals surface area contributed by atoms with Gasteiger partial charge in [0.2, 0.25) is 0 Å². The van der Waals surface area contributed by atoms with Crippen molar-refractivity contribution in [2.24, 2.45) is 0 Å². The van der Waals surface area contributed by atoms with Gasteiger partial charge in [0, 0.05) is 63.5 Å². The van der Waals surface area contributed by atoms with Gasteiger partial charge in [-0.1, -0.05) is 18.2 Å². The summed E-state index contributed by atoms with van der Waals surface area (Å²) in [6.45, 7) is 5.89. The lowest BCUT2D eigenvalue weighted by Gasteiger charge is -2.35. The number of morpholine rings is 1. The summed E-state index contributed by atoms with van der Waals surface area (Å²) in [7, 11) is 0. The van der Waals surface area contributed by atoms with Gasteiger partial charge < -0.3 is 14.4 Å². The molecular formula is C20H27F4N3O3. The van der Waals surface area contributed by atoms with E-state index in [1.54, 1.807) is 12.1 Å². The highest BCUT2D eigenvalue weighted by Crippen LogP contribution is 2.23. The molecule has 3 rings (SSSR count). The molecule has 0 aromatic heterocycles. The molecule has 0 saturated carbocycles. The average molecular weight is 433 g/mol. The van der Waals surface area contributed by atoms with E-state index >= 15 is 0 Å². The monoisotopic (exact) mass is 433 g/mol. The molecule has 0 aliphatic carbocycles. The van der Waals surface area contributed by atoms with Crippen molar-refractivity contribution in [3.63, 3.8) is 0 Å². The topological polar surface area (TPSA) is 45.2 Å². The molecule has 10 heteroatoms. The number of rotatable bonds is 5. The van der Waals surface area contributed by atoms with E-state index in [-0.39, 0.29) is 18.9 Å². The highest BCUT2D eigenvalue weighted by atomic mass is 19.4. The van der Waals surface area contributed by atoms with Gasteiger partial charge in [-0.2, -0.15) is 13.2 Å². The van der Waals surface area contributed by atoms with Crippen LogP contribution in [0.1, 0.15) is 18.1 Å². The van der Waals surface area contributed by atoms with Crippen LogP contribution in [-0.2, 0) is 22.6 Å². The molecule has 1 amide bonds. The van der Waals surface area contributed by atoms with Crippen LogP contribution in [-0.4, -0.2) is 85.6 Å². The summed E-state index contributed by atoms with van der Waals surface area (Å²) in [4.78, 5) is 17.3. The molecule has 2 fully saturated rings. The van der Waals surface area contributed by atoms with Crippen LogP contribution in [0.5, 0.6) is 0 Å². The third-order valence-electron chi connectivity index (χ3n) is 5.42. The zero-order valence-corrected chi connectivity index (χ0v) is 17.0. The number of benzene rings is 1. The minimum Gasteiger partial charge on any atom is -0.437 e. The Morgan fingerprint density at radius 2 is 1.57 bits per heavy atom. The van der Waals surface area contributed by atoms with Gasteiger partial charge in [-0.05, 0) is 6.92 Å². The lowest BCUT2D eigenvalue weighted by molar-refractivity contribution is -0.200. The molecule has 2 heterocycles. The van der Waals surface area contributed by atoms with Crippen LogP contribution in [0.3, 0.4) is 0 Å². The lowest BCUT2D eigenvalue weighted by Crippen LogP contribution is -2.49. The van der Waals surface area contributed by atoms with E-state index in [1.165, 1.54) is 4.90 Å². The molecule has 168 valence electrons. The van der Waals surface area contributed by atoms with Crippen molar-refractivity contribution in [1.82, 2.24) is 14.7 Å². The van der Waals surface area contributed by atoms with Crippen LogP contribution in [0.2, 0.25) is 0 Å². The van der Waals surface area contributed by atoms with E-state index in [2.05, 4.69) is 9.64 Å². The molecule has 2 aliphatic heterocycles. The fraction of sp³-hybridized carbons (Fsp3) is 0.650. The predicted molar refractivity (Wildman–Crippen MR) is 101 cm³/mol. The molecular weight excluding hydrogens is 406 g/mol. The number of hydrogen-bond donors (Lipinski definition) is 0. The Morgan fingerprint density at radius 3 is 2.10 bits per heavy atom. The van der Waals surface area contributed by atoms with Gasteiger partial charge >= 0.3 is 12.3 Å². The van der Waals surface area contributed by atoms with E-state index in [0.717, 1.165) is 20.0 Å². The van der Waals surface area contributed by atoms with Crippen molar-refractivity contribution in [2.45, 2.75) is 32.3 Å². The first-order valence-corrected chi connectivity index (χ1v) is 10.0. The van der Waals surface area contributed by atoms with Crippen molar-refractivity contribution in [3.8, 4) is 0 Å². The number of piperazine rings is 1. The Morgan fingerprint density at radius 1 is 1.03 bits per heavy atom. The van der Waals surface area contributed by atoms with Crippen LogP contribution in [0.4, 0.5) is 22.4 Å². The highest BCUT2D eigenvalue weighted by molar-refractivity contribution is 5.68. The van der Waals surface area contributed by atoms with E-state index in [4.69, 9.17) is 4.74 Å². The van der Waals surface area contributed by atoms with Gasteiger partial charge in [0.05, 0.1) is 13.2 Å². The van der Waals surface area contributed by atoms with Gasteiger partial charge in [0.25, 0.3) is 0 Å². The number of carbonyl (C=O) groups is 1. The SMILES string of the molecule is CC(OC(=O)N1CCN(Cc2cccc(CN3CCOCC3)c2F)CC1)C(F)(F)F. The van der Waals surface area contributed by atoms with Crippen molar-refractivity contribution < 1.29 is 31.8 Å². The molecule has 0 N–H and O–H groups in total. The molecule has 30 heavy (non-hydrogen) atoms. The molecule has 2 aliphatic rings. The standard InChI is InChI=1S/C20H27F4N3O3/c1-15(20(22,23)24)30-19(28)27-7-5-25(6-8-27)13-16-3-2-4-17(18(16)21)14-26-9-11-29-12-10-26/h2-4,15H,5-14H2,1H3. The second-order valence-electron chi connectivity index (χ2n) is 7.61. The van der Waals surface area contributed by atoms with Gasteiger partial charge in [0.15, 0.2) is 6.10 Å². The van der Waals surface area contributed by atoms with Crippen LogP contribution < -0.4 is 0 Å². The number of hydrogen-bond acceptors (Lipinski definition) is 5. The number of amides is 1. The smallest absolute Gasteiger partial charge is 0.425 e. The zero-order chi connectivity index (χ0) is 21.7. The maximum absolute atomic E-state index is 15.0. The zero-order valence-electron chi connectivity index (χ0n) is 17.0. The summed E-state index contributed by atoms with van der Waals surface area (Å²) in [6, 6.07) is 5.36. The van der Waals surface area contributed by atoms with Crippen molar-refractivity contribution in [1.29, 1.82) is 0 Å². The Bertz CT molecular complexity index is 718. The summed E-state index contributed by atoms with van der Waals surface area (Å²) in [5.41, 5.74) is 1.21. The summed E-state index contributed by atoms with van der Waals surface area (Å²) < 4.78 is 62.4. The van der Waals surface area contributed by atoms with Crippen molar-refractivity contribution in [2.75, 3.05) is 52.5 Å². The van der Waals surface area contributed by atoms with Gasteiger partial charge in [-0.15, -0.1) is 0 Å². The molecule has 2 saturated heterocycles. The largest absolute Gasteiger partial charge is 0.437 e. The molecule has 6 nitrogen and oxygen atoms in total. The first-order chi connectivity index (χ1) is 14.2. The van der Waals surface area contributed by atoms with Crippen molar-refractivity contribution >= 4 is 6.09 Å².